The predicted octanol–water partition coefficient (Wildman–Crippen LogP) is 3.51. The maximum Gasteiger partial charge on any atom is 0.417 e. The molecule has 3 aromatic rings. The summed E-state index contributed by atoms with van der Waals surface area (Å²) in [4.78, 5) is 3.89. The summed E-state index contributed by atoms with van der Waals surface area (Å²) in [6, 6.07) is 8.43. The van der Waals surface area contributed by atoms with Crippen molar-refractivity contribution in [2.45, 2.75) is 12.7 Å². The molecule has 0 aliphatic heterocycles. The van der Waals surface area contributed by atoms with Gasteiger partial charge in [0.05, 0.1) is 25.4 Å². The number of benzene rings is 1. The minimum absolute atomic E-state index is 0.364. The molecule has 2 heterocycles. The van der Waals surface area contributed by atoms with Crippen molar-refractivity contribution < 1.29 is 17.9 Å². The Hall–Kier alpha value is -2.57. The summed E-state index contributed by atoms with van der Waals surface area (Å²) in [7, 11) is 1.58. The van der Waals surface area contributed by atoms with Crippen LogP contribution in [0.25, 0.3) is 11.0 Å². The summed E-state index contributed by atoms with van der Waals surface area (Å²) >= 11 is 0. The first-order valence-corrected chi connectivity index (χ1v) is 6.49. The fourth-order valence-corrected chi connectivity index (χ4v) is 2.15. The van der Waals surface area contributed by atoms with Crippen LogP contribution in [0, 0.1) is 0 Å². The lowest BCUT2D eigenvalue weighted by Gasteiger charge is -2.07. The van der Waals surface area contributed by atoms with Gasteiger partial charge in [-0.25, -0.2) is 9.67 Å². The van der Waals surface area contributed by atoms with Gasteiger partial charge in [-0.3, -0.25) is 0 Å². The lowest BCUT2D eigenvalue weighted by molar-refractivity contribution is -0.137. The van der Waals surface area contributed by atoms with E-state index in [-0.39, 0.29) is 0 Å². The highest BCUT2D eigenvalue weighted by atomic mass is 19.4. The minimum Gasteiger partial charge on any atom is -0.497 e. The van der Waals surface area contributed by atoms with Crippen LogP contribution in [0.3, 0.4) is 0 Å². The summed E-state index contributed by atoms with van der Waals surface area (Å²) < 4.78 is 44.6. The zero-order valence-electron chi connectivity index (χ0n) is 11.6. The van der Waals surface area contributed by atoms with E-state index in [0.29, 0.717) is 17.6 Å². The number of ether oxygens (including phenoxy) is 1. The average molecular weight is 307 g/mol. The molecule has 0 fully saturated rings. The van der Waals surface area contributed by atoms with E-state index in [1.54, 1.807) is 11.8 Å². The molecule has 0 aliphatic rings. The van der Waals surface area contributed by atoms with Crippen molar-refractivity contribution in [3.8, 4) is 5.75 Å². The molecule has 22 heavy (non-hydrogen) atoms. The molecule has 3 rings (SSSR count). The van der Waals surface area contributed by atoms with E-state index in [4.69, 9.17) is 4.74 Å². The Morgan fingerprint density at radius 2 is 1.86 bits per heavy atom. The van der Waals surface area contributed by atoms with Crippen LogP contribution in [0.1, 0.15) is 11.1 Å². The van der Waals surface area contributed by atoms with Crippen molar-refractivity contribution in [3.05, 3.63) is 53.9 Å². The van der Waals surface area contributed by atoms with Crippen LogP contribution < -0.4 is 4.74 Å². The first-order chi connectivity index (χ1) is 10.5. The monoisotopic (exact) mass is 307 g/mol. The Kier molecular flexibility index (Phi) is 3.48. The summed E-state index contributed by atoms with van der Waals surface area (Å²) in [5.41, 5.74) is 0.598. The molecule has 0 radical (unpaired) electrons. The van der Waals surface area contributed by atoms with Gasteiger partial charge in [0, 0.05) is 11.6 Å². The molecule has 0 saturated heterocycles. The largest absolute Gasteiger partial charge is 0.497 e. The predicted molar refractivity (Wildman–Crippen MR) is 74.6 cm³/mol. The third kappa shape index (κ3) is 2.74. The van der Waals surface area contributed by atoms with Crippen molar-refractivity contribution in [2.75, 3.05) is 7.11 Å². The van der Waals surface area contributed by atoms with Crippen LogP contribution in [0.2, 0.25) is 0 Å². The highest BCUT2D eigenvalue weighted by molar-refractivity contribution is 5.75. The molecular weight excluding hydrogens is 295 g/mol. The zero-order chi connectivity index (χ0) is 15.7. The summed E-state index contributed by atoms with van der Waals surface area (Å²) in [6.07, 6.45) is -2.19. The van der Waals surface area contributed by atoms with Crippen molar-refractivity contribution >= 4 is 11.0 Å². The van der Waals surface area contributed by atoms with Gasteiger partial charge in [-0.2, -0.15) is 18.3 Å². The number of hydrogen-bond donors (Lipinski definition) is 0. The number of fused-ring (bicyclic) bond motifs is 1. The first-order valence-electron chi connectivity index (χ1n) is 6.49. The SMILES string of the molecule is COc1ccc(Cn2ncc3cc(C(F)(F)F)cnc32)cc1. The van der Waals surface area contributed by atoms with Gasteiger partial charge in [0.2, 0.25) is 0 Å². The van der Waals surface area contributed by atoms with Crippen LogP contribution in [0.15, 0.2) is 42.7 Å². The lowest BCUT2D eigenvalue weighted by Crippen LogP contribution is -2.06. The molecular formula is C15H12F3N3O. The fourth-order valence-electron chi connectivity index (χ4n) is 2.15. The molecule has 1 aromatic carbocycles. The normalized spacial score (nSPS) is 11.8. The van der Waals surface area contributed by atoms with Crippen LogP contribution >= 0.6 is 0 Å². The Morgan fingerprint density at radius 3 is 2.50 bits per heavy atom. The number of hydrogen-bond acceptors (Lipinski definition) is 3. The Bertz CT molecular complexity index is 794. The number of nitrogens with zero attached hydrogens (tertiary/aromatic N) is 3. The van der Waals surface area contributed by atoms with E-state index < -0.39 is 11.7 Å². The Labute approximate surface area is 124 Å². The average Bonchev–Trinajstić information content (AvgIpc) is 2.89. The summed E-state index contributed by atoms with van der Waals surface area (Å²) in [5, 5.41) is 4.48. The zero-order valence-corrected chi connectivity index (χ0v) is 11.6. The van der Waals surface area contributed by atoms with E-state index in [2.05, 4.69) is 10.1 Å². The van der Waals surface area contributed by atoms with Gasteiger partial charge < -0.3 is 4.74 Å². The molecule has 0 bridgehead atoms. The van der Waals surface area contributed by atoms with Gasteiger partial charge in [0.15, 0.2) is 5.65 Å². The van der Waals surface area contributed by atoms with Crippen LogP contribution in [-0.2, 0) is 12.7 Å². The molecule has 0 atom stereocenters. The lowest BCUT2D eigenvalue weighted by atomic mass is 10.2. The molecule has 0 N–H and O–H groups in total. The van der Waals surface area contributed by atoms with Gasteiger partial charge in [0.1, 0.15) is 5.75 Å². The smallest absolute Gasteiger partial charge is 0.417 e. The highest BCUT2D eigenvalue weighted by Crippen LogP contribution is 2.30. The molecule has 0 unspecified atom stereocenters. The summed E-state index contributed by atoms with van der Waals surface area (Å²) in [5.74, 6) is 0.738. The Morgan fingerprint density at radius 1 is 1.14 bits per heavy atom. The number of alkyl halides is 3. The maximum absolute atomic E-state index is 12.7. The first kappa shape index (κ1) is 14.4. The van der Waals surface area contributed by atoms with Crippen molar-refractivity contribution in [1.29, 1.82) is 0 Å². The van der Waals surface area contributed by atoms with Gasteiger partial charge in [0.25, 0.3) is 0 Å². The molecule has 4 nitrogen and oxygen atoms in total. The molecule has 0 spiro atoms. The van der Waals surface area contributed by atoms with E-state index in [1.165, 1.54) is 6.20 Å². The van der Waals surface area contributed by atoms with Crippen molar-refractivity contribution in [1.82, 2.24) is 14.8 Å². The van der Waals surface area contributed by atoms with E-state index >= 15 is 0 Å². The van der Waals surface area contributed by atoms with E-state index in [9.17, 15) is 13.2 Å². The van der Waals surface area contributed by atoms with Crippen molar-refractivity contribution in [2.24, 2.45) is 0 Å². The topological polar surface area (TPSA) is 39.9 Å². The van der Waals surface area contributed by atoms with Crippen LogP contribution in [-0.4, -0.2) is 21.9 Å². The van der Waals surface area contributed by atoms with E-state index in [0.717, 1.165) is 23.6 Å². The van der Waals surface area contributed by atoms with Crippen LogP contribution in [0.4, 0.5) is 13.2 Å². The molecule has 0 saturated carbocycles. The molecule has 7 heteroatoms. The number of methoxy groups -OCH3 is 1. The van der Waals surface area contributed by atoms with Gasteiger partial charge in [-0.05, 0) is 23.8 Å². The number of pyridine rings is 1. The standard InChI is InChI=1S/C15H12F3N3O/c1-22-13-4-2-10(3-5-13)9-21-14-11(7-20-21)6-12(8-19-14)15(16,17)18/h2-8H,9H2,1H3. The van der Waals surface area contributed by atoms with Crippen LogP contribution in [0.5, 0.6) is 5.75 Å². The third-order valence-electron chi connectivity index (χ3n) is 3.29. The second-order valence-electron chi connectivity index (χ2n) is 4.78. The van der Waals surface area contributed by atoms with Gasteiger partial charge in [-0.15, -0.1) is 0 Å². The second-order valence-corrected chi connectivity index (χ2v) is 4.78. The highest BCUT2D eigenvalue weighted by Gasteiger charge is 2.31. The third-order valence-corrected chi connectivity index (χ3v) is 3.29. The fraction of sp³-hybridized carbons (Fsp3) is 0.200. The number of aromatic nitrogens is 3. The van der Waals surface area contributed by atoms with Gasteiger partial charge >= 0.3 is 6.18 Å². The maximum atomic E-state index is 12.7. The molecule has 2 aromatic heterocycles. The van der Waals surface area contributed by atoms with E-state index in [1.807, 2.05) is 24.3 Å². The minimum atomic E-state index is -4.40. The molecule has 114 valence electrons. The molecule has 0 aliphatic carbocycles. The summed E-state index contributed by atoms with van der Waals surface area (Å²) in [6.45, 7) is 0.422. The second kappa shape index (κ2) is 5.32. The van der Waals surface area contributed by atoms with Crippen molar-refractivity contribution in [3.63, 3.8) is 0 Å². The number of rotatable bonds is 3. The number of halogens is 3. The van der Waals surface area contributed by atoms with Gasteiger partial charge in [-0.1, -0.05) is 12.1 Å². The Balaban J connectivity index is 1.91. The quantitative estimate of drug-likeness (QED) is 0.743. The molecule has 0 amide bonds.